The molecular formula is C28H30BN5O3. The van der Waals surface area contributed by atoms with Crippen molar-refractivity contribution in [2.45, 2.75) is 25.3 Å². The Kier molecular flexibility index (Phi) is 6.96. The molecule has 2 aliphatic heterocycles. The normalized spacial score (nSPS) is 20.1. The number of rotatable bonds is 5. The highest BCUT2D eigenvalue weighted by atomic mass is 16.2. The van der Waals surface area contributed by atoms with Gasteiger partial charge in [-0.1, -0.05) is 90.4 Å². The van der Waals surface area contributed by atoms with Crippen LogP contribution in [0.25, 0.3) is 0 Å². The highest BCUT2D eigenvalue weighted by molar-refractivity contribution is 6.32. The fourth-order valence-electron chi connectivity index (χ4n) is 5.18. The van der Waals surface area contributed by atoms with Gasteiger partial charge in [-0.2, -0.15) is 0 Å². The number of amides is 4. The standard InChI is InChI=1S/C28H30BN5O3/c1-31-19-25(35)33-24(34(31)28(37)30-16-20-9-4-2-5-10-20)18-32(17-21-11-8-14-23(29)15-21)27(36)26(33)22-12-6-3-7-13-22/h2-15,24,26H,16-19,29H2,1H3,(H,30,37)/t24-,26-/m0/s1. The molecule has 4 amide bonds. The Balaban J connectivity index is 1.48. The van der Waals surface area contributed by atoms with Crippen molar-refractivity contribution < 1.29 is 14.4 Å². The molecule has 0 unspecified atom stereocenters. The summed E-state index contributed by atoms with van der Waals surface area (Å²) in [5.74, 6) is -0.330. The molecule has 5 rings (SSSR count). The van der Waals surface area contributed by atoms with Crippen LogP contribution in [0.3, 0.4) is 0 Å². The van der Waals surface area contributed by atoms with Gasteiger partial charge in [0.2, 0.25) is 5.91 Å². The molecule has 2 saturated heterocycles. The Morgan fingerprint density at radius 3 is 2.32 bits per heavy atom. The smallest absolute Gasteiger partial charge is 0.333 e. The average molecular weight is 495 g/mol. The number of likely N-dealkylation sites (N-methyl/N-ethyl adjacent to an activating group) is 1. The van der Waals surface area contributed by atoms with Crippen LogP contribution < -0.4 is 10.8 Å². The molecule has 3 aromatic rings. The zero-order chi connectivity index (χ0) is 25.9. The molecule has 37 heavy (non-hydrogen) atoms. The first-order chi connectivity index (χ1) is 17.9. The summed E-state index contributed by atoms with van der Waals surface area (Å²) in [5.41, 5.74) is 3.82. The fourth-order valence-corrected chi connectivity index (χ4v) is 5.18. The van der Waals surface area contributed by atoms with Crippen molar-refractivity contribution in [3.8, 4) is 0 Å². The third kappa shape index (κ3) is 5.08. The van der Waals surface area contributed by atoms with Crippen LogP contribution in [-0.2, 0) is 22.7 Å². The van der Waals surface area contributed by atoms with Crippen LogP contribution in [-0.4, -0.2) is 71.8 Å². The Morgan fingerprint density at radius 2 is 1.62 bits per heavy atom. The molecule has 0 spiro atoms. The van der Waals surface area contributed by atoms with E-state index in [1.807, 2.05) is 86.7 Å². The van der Waals surface area contributed by atoms with Gasteiger partial charge >= 0.3 is 6.03 Å². The van der Waals surface area contributed by atoms with Gasteiger partial charge in [0.05, 0.1) is 13.1 Å². The van der Waals surface area contributed by atoms with Crippen LogP contribution in [0.2, 0.25) is 0 Å². The molecule has 2 fully saturated rings. The van der Waals surface area contributed by atoms with Crippen LogP contribution in [0.1, 0.15) is 22.7 Å². The number of benzene rings is 3. The Morgan fingerprint density at radius 1 is 0.946 bits per heavy atom. The summed E-state index contributed by atoms with van der Waals surface area (Å²) in [6.07, 6.45) is -0.644. The number of piperazine rings is 1. The highest BCUT2D eigenvalue weighted by Gasteiger charge is 2.51. The number of carbonyl (C=O) groups excluding carboxylic acids is 3. The van der Waals surface area contributed by atoms with Gasteiger partial charge in [-0.05, 0) is 16.7 Å². The first kappa shape index (κ1) is 24.6. The molecule has 0 aliphatic carbocycles. The fraction of sp³-hybridized carbons (Fsp3) is 0.250. The minimum Gasteiger partial charge on any atom is -0.333 e. The third-order valence-corrected chi connectivity index (χ3v) is 6.90. The lowest BCUT2D eigenvalue weighted by Crippen LogP contribution is -2.73. The maximum absolute atomic E-state index is 13.9. The van der Waals surface area contributed by atoms with E-state index < -0.39 is 12.2 Å². The summed E-state index contributed by atoms with van der Waals surface area (Å²) in [4.78, 5) is 44.1. The monoisotopic (exact) mass is 495 g/mol. The third-order valence-electron chi connectivity index (χ3n) is 6.90. The molecule has 2 heterocycles. The van der Waals surface area contributed by atoms with E-state index in [2.05, 4.69) is 11.4 Å². The highest BCUT2D eigenvalue weighted by Crippen LogP contribution is 2.35. The second-order valence-electron chi connectivity index (χ2n) is 9.61. The molecule has 188 valence electrons. The number of fused-ring (bicyclic) bond motifs is 1. The van der Waals surface area contributed by atoms with Gasteiger partial charge in [0, 0.05) is 20.1 Å². The average Bonchev–Trinajstić information content (AvgIpc) is 2.89. The van der Waals surface area contributed by atoms with E-state index in [0.717, 1.165) is 22.2 Å². The van der Waals surface area contributed by atoms with Crippen molar-refractivity contribution in [1.82, 2.24) is 25.1 Å². The van der Waals surface area contributed by atoms with Crippen molar-refractivity contribution in [2.24, 2.45) is 0 Å². The van der Waals surface area contributed by atoms with Gasteiger partial charge in [0.15, 0.2) is 0 Å². The Labute approximate surface area is 217 Å². The lowest BCUT2D eigenvalue weighted by molar-refractivity contribution is -0.188. The van der Waals surface area contributed by atoms with Crippen LogP contribution in [0.15, 0.2) is 84.9 Å². The van der Waals surface area contributed by atoms with Crippen molar-refractivity contribution in [2.75, 3.05) is 20.1 Å². The van der Waals surface area contributed by atoms with E-state index in [1.165, 1.54) is 0 Å². The summed E-state index contributed by atoms with van der Waals surface area (Å²) in [6.45, 7) is 0.971. The molecule has 2 atom stereocenters. The van der Waals surface area contributed by atoms with Gasteiger partial charge in [0.25, 0.3) is 5.91 Å². The summed E-state index contributed by atoms with van der Waals surface area (Å²) in [6, 6.07) is 25.9. The van der Waals surface area contributed by atoms with Crippen molar-refractivity contribution >= 4 is 31.2 Å². The Bertz CT molecular complexity index is 1290. The molecule has 0 saturated carbocycles. The lowest BCUT2D eigenvalue weighted by Gasteiger charge is -2.54. The molecule has 8 nitrogen and oxygen atoms in total. The predicted molar refractivity (Wildman–Crippen MR) is 143 cm³/mol. The van der Waals surface area contributed by atoms with Crippen LogP contribution >= 0.6 is 0 Å². The van der Waals surface area contributed by atoms with Crippen LogP contribution in [0, 0.1) is 0 Å². The first-order valence-electron chi connectivity index (χ1n) is 12.4. The van der Waals surface area contributed by atoms with E-state index in [4.69, 9.17) is 0 Å². The number of carbonyl (C=O) groups is 3. The number of hydrogen-bond donors (Lipinski definition) is 1. The summed E-state index contributed by atoms with van der Waals surface area (Å²) >= 11 is 0. The molecule has 0 bridgehead atoms. The number of nitrogens with one attached hydrogen (secondary N) is 1. The minimum atomic E-state index is -0.810. The van der Waals surface area contributed by atoms with Gasteiger partial charge in [-0.25, -0.2) is 14.8 Å². The molecule has 3 aromatic carbocycles. The van der Waals surface area contributed by atoms with E-state index in [0.29, 0.717) is 13.1 Å². The molecule has 0 radical (unpaired) electrons. The summed E-state index contributed by atoms with van der Waals surface area (Å²) in [7, 11) is 3.75. The number of urea groups is 1. The molecule has 9 heteroatoms. The largest absolute Gasteiger partial charge is 0.334 e. The van der Waals surface area contributed by atoms with Gasteiger partial charge < -0.3 is 15.1 Å². The molecule has 1 N–H and O–H groups in total. The van der Waals surface area contributed by atoms with Gasteiger partial charge in [0.1, 0.15) is 20.1 Å². The number of hydrogen-bond acceptors (Lipinski definition) is 4. The van der Waals surface area contributed by atoms with Gasteiger partial charge in [-0.3, -0.25) is 9.59 Å². The second kappa shape index (κ2) is 10.5. The lowest BCUT2D eigenvalue weighted by atomic mass is 9.94. The van der Waals surface area contributed by atoms with Crippen molar-refractivity contribution in [3.05, 3.63) is 102 Å². The maximum atomic E-state index is 13.9. The van der Waals surface area contributed by atoms with Gasteiger partial charge in [-0.15, -0.1) is 0 Å². The van der Waals surface area contributed by atoms with E-state index >= 15 is 0 Å². The van der Waals surface area contributed by atoms with E-state index in [9.17, 15) is 14.4 Å². The van der Waals surface area contributed by atoms with E-state index in [1.54, 1.807) is 26.9 Å². The summed E-state index contributed by atoms with van der Waals surface area (Å²) in [5, 5.41) is 6.21. The second-order valence-corrected chi connectivity index (χ2v) is 9.61. The SMILES string of the molecule is Bc1cccc(CN2C[C@H]3N(C(=O)CN(C)N3C(=O)NCc3ccccc3)[C@@H](c3ccccc3)C2=O)c1. The number of nitrogens with zero attached hydrogens (tertiary/aromatic N) is 4. The quantitative estimate of drug-likeness (QED) is 0.541. The topological polar surface area (TPSA) is 76.2 Å². The first-order valence-corrected chi connectivity index (χ1v) is 12.4. The zero-order valence-corrected chi connectivity index (χ0v) is 21.1. The predicted octanol–water partition coefficient (Wildman–Crippen LogP) is 1.26. The molecular weight excluding hydrogens is 465 g/mol. The van der Waals surface area contributed by atoms with Crippen molar-refractivity contribution in [3.63, 3.8) is 0 Å². The minimum absolute atomic E-state index is 0.00372. The molecule has 0 aromatic heterocycles. The maximum Gasteiger partial charge on any atom is 0.334 e. The zero-order valence-electron chi connectivity index (χ0n) is 21.1. The van der Waals surface area contributed by atoms with Crippen LogP contribution in [0.4, 0.5) is 4.79 Å². The Hall–Kier alpha value is -4.11. The summed E-state index contributed by atoms with van der Waals surface area (Å²) < 4.78 is 0. The molecule has 2 aliphatic rings. The van der Waals surface area contributed by atoms with E-state index in [-0.39, 0.29) is 30.9 Å². The number of hydrazine groups is 1. The van der Waals surface area contributed by atoms with Crippen LogP contribution in [0.5, 0.6) is 0 Å². The van der Waals surface area contributed by atoms with Crippen molar-refractivity contribution in [1.29, 1.82) is 0 Å².